The summed E-state index contributed by atoms with van der Waals surface area (Å²) < 4.78 is 0. The molecule has 21 heavy (non-hydrogen) atoms. The fraction of sp³-hybridized carbons (Fsp3) is 0.375. The molecule has 2 N–H and O–H groups in total. The van der Waals surface area contributed by atoms with Crippen molar-refractivity contribution in [1.29, 1.82) is 0 Å². The molecule has 2 aromatic rings. The summed E-state index contributed by atoms with van der Waals surface area (Å²) >= 11 is 0. The lowest BCUT2D eigenvalue weighted by molar-refractivity contribution is 0.270. The van der Waals surface area contributed by atoms with E-state index in [2.05, 4.69) is 21.7 Å². The van der Waals surface area contributed by atoms with Gasteiger partial charge in [0.25, 0.3) is 0 Å². The number of rotatable bonds is 3. The second kappa shape index (κ2) is 6.10. The molecule has 1 fully saturated rings. The Kier molecular flexibility index (Phi) is 4.01. The Hall–Kier alpha value is -2.14. The Bertz CT molecular complexity index is 591. The van der Waals surface area contributed by atoms with Gasteiger partial charge in [0.1, 0.15) is 11.6 Å². The van der Waals surface area contributed by atoms with Crippen LogP contribution in [0, 0.1) is 0 Å². The first-order valence-corrected chi connectivity index (χ1v) is 7.43. The molecule has 2 heterocycles. The van der Waals surface area contributed by atoms with Gasteiger partial charge >= 0.3 is 0 Å². The monoisotopic (exact) mass is 283 g/mol. The van der Waals surface area contributed by atoms with Gasteiger partial charge in [-0.1, -0.05) is 37.3 Å². The van der Waals surface area contributed by atoms with Crippen molar-refractivity contribution in [3.8, 4) is 11.4 Å². The Morgan fingerprint density at radius 1 is 1.05 bits per heavy atom. The van der Waals surface area contributed by atoms with Crippen LogP contribution >= 0.6 is 0 Å². The molecule has 5 heteroatoms. The molecule has 0 saturated carbocycles. The van der Waals surface area contributed by atoms with E-state index in [1.807, 2.05) is 36.4 Å². The number of benzene rings is 1. The molecule has 1 aliphatic rings. The van der Waals surface area contributed by atoms with Crippen LogP contribution in [0.15, 0.2) is 36.4 Å². The van der Waals surface area contributed by atoms with Crippen LogP contribution in [0.4, 0.5) is 11.6 Å². The third-order valence-electron chi connectivity index (χ3n) is 3.91. The van der Waals surface area contributed by atoms with Crippen LogP contribution in [0.25, 0.3) is 11.4 Å². The molecule has 3 rings (SSSR count). The summed E-state index contributed by atoms with van der Waals surface area (Å²) in [5.74, 6) is 2.15. The number of nitrogens with zero attached hydrogens (tertiary/aromatic N) is 4. The van der Waals surface area contributed by atoms with E-state index < -0.39 is 0 Å². The van der Waals surface area contributed by atoms with Gasteiger partial charge in [0.15, 0.2) is 5.82 Å². The number of piperazine rings is 1. The van der Waals surface area contributed by atoms with Crippen molar-refractivity contribution in [2.24, 2.45) is 0 Å². The van der Waals surface area contributed by atoms with E-state index in [1.54, 1.807) is 0 Å². The summed E-state index contributed by atoms with van der Waals surface area (Å²) in [5.41, 5.74) is 6.97. The fourth-order valence-corrected chi connectivity index (χ4v) is 2.62. The van der Waals surface area contributed by atoms with Crippen LogP contribution in [0.2, 0.25) is 0 Å². The minimum atomic E-state index is 0.525. The highest BCUT2D eigenvalue weighted by atomic mass is 15.3. The average molecular weight is 283 g/mol. The highest BCUT2D eigenvalue weighted by molar-refractivity contribution is 5.60. The summed E-state index contributed by atoms with van der Waals surface area (Å²) in [6.07, 6.45) is 0. The largest absolute Gasteiger partial charge is 0.384 e. The molecule has 0 aliphatic carbocycles. The number of hydrogen-bond donors (Lipinski definition) is 1. The predicted molar refractivity (Wildman–Crippen MR) is 86.2 cm³/mol. The standard InChI is InChI=1S/C16H21N5/c1-2-20-8-10-21(11-9-20)15-12-14(17)18-16(19-15)13-6-4-3-5-7-13/h3-7,12H,2,8-11H2,1H3,(H2,17,18,19). The number of anilines is 2. The molecule has 1 aromatic heterocycles. The van der Waals surface area contributed by atoms with Crippen molar-refractivity contribution in [3.63, 3.8) is 0 Å². The zero-order valence-corrected chi connectivity index (χ0v) is 12.4. The smallest absolute Gasteiger partial charge is 0.163 e. The molecule has 5 nitrogen and oxygen atoms in total. The maximum Gasteiger partial charge on any atom is 0.163 e. The van der Waals surface area contributed by atoms with Gasteiger partial charge < -0.3 is 15.5 Å². The summed E-state index contributed by atoms with van der Waals surface area (Å²) in [6, 6.07) is 11.8. The maximum absolute atomic E-state index is 5.97. The molecular formula is C16H21N5. The van der Waals surface area contributed by atoms with Crippen LogP contribution in [-0.4, -0.2) is 47.6 Å². The first-order chi connectivity index (χ1) is 10.3. The predicted octanol–water partition coefficient (Wildman–Crippen LogP) is 1.87. The topological polar surface area (TPSA) is 58.3 Å². The maximum atomic E-state index is 5.97. The van der Waals surface area contributed by atoms with E-state index >= 15 is 0 Å². The number of likely N-dealkylation sites (N-methyl/N-ethyl adjacent to an activating group) is 1. The number of nitrogen functional groups attached to an aromatic ring is 1. The second-order valence-electron chi connectivity index (χ2n) is 5.26. The number of nitrogens with two attached hydrogens (primary N) is 1. The number of hydrogen-bond acceptors (Lipinski definition) is 5. The molecule has 1 saturated heterocycles. The van der Waals surface area contributed by atoms with E-state index in [0.717, 1.165) is 44.1 Å². The SMILES string of the molecule is CCN1CCN(c2cc(N)nc(-c3ccccc3)n2)CC1. The molecule has 1 aromatic carbocycles. The van der Waals surface area contributed by atoms with E-state index in [9.17, 15) is 0 Å². The van der Waals surface area contributed by atoms with E-state index in [-0.39, 0.29) is 0 Å². The fourth-order valence-electron chi connectivity index (χ4n) is 2.62. The molecular weight excluding hydrogens is 262 g/mol. The van der Waals surface area contributed by atoms with Crippen LogP contribution in [-0.2, 0) is 0 Å². The first-order valence-electron chi connectivity index (χ1n) is 7.43. The van der Waals surface area contributed by atoms with Crippen molar-refractivity contribution in [3.05, 3.63) is 36.4 Å². The zero-order chi connectivity index (χ0) is 14.7. The van der Waals surface area contributed by atoms with Gasteiger partial charge in [-0.25, -0.2) is 9.97 Å². The highest BCUT2D eigenvalue weighted by Crippen LogP contribution is 2.21. The Labute approximate surface area is 125 Å². The number of aromatic nitrogens is 2. The van der Waals surface area contributed by atoms with Crippen molar-refractivity contribution >= 4 is 11.6 Å². The van der Waals surface area contributed by atoms with Crippen LogP contribution < -0.4 is 10.6 Å². The third kappa shape index (κ3) is 3.13. The molecule has 0 bridgehead atoms. The zero-order valence-electron chi connectivity index (χ0n) is 12.4. The summed E-state index contributed by atoms with van der Waals surface area (Å²) in [5, 5.41) is 0. The summed E-state index contributed by atoms with van der Waals surface area (Å²) in [4.78, 5) is 13.8. The van der Waals surface area contributed by atoms with Crippen molar-refractivity contribution < 1.29 is 0 Å². The van der Waals surface area contributed by atoms with Gasteiger partial charge in [-0.05, 0) is 6.54 Å². The lowest BCUT2D eigenvalue weighted by Crippen LogP contribution is -2.46. The van der Waals surface area contributed by atoms with E-state index in [4.69, 9.17) is 10.7 Å². The molecule has 0 atom stereocenters. The van der Waals surface area contributed by atoms with Crippen molar-refractivity contribution in [2.75, 3.05) is 43.4 Å². The highest BCUT2D eigenvalue weighted by Gasteiger charge is 2.18. The third-order valence-corrected chi connectivity index (χ3v) is 3.91. The summed E-state index contributed by atoms with van der Waals surface area (Å²) in [6.45, 7) is 7.42. The normalized spacial score (nSPS) is 16.1. The lowest BCUT2D eigenvalue weighted by atomic mass is 10.2. The Balaban J connectivity index is 1.85. The lowest BCUT2D eigenvalue weighted by Gasteiger charge is -2.34. The molecule has 0 amide bonds. The van der Waals surface area contributed by atoms with Gasteiger partial charge in [-0.3, -0.25) is 0 Å². The summed E-state index contributed by atoms with van der Waals surface area (Å²) in [7, 11) is 0. The second-order valence-corrected chi connectivity index (χ2v) is 5.26. The Morgan fingerprint density at radius 2 is 1.76 bits per heavy atom. The van der Waals surface area contributed by atoms with Gasteiger partial charge in [0.05, 0.1) is 0 Å². The minimum absolute atomic E-state index is 0.525. The quantitative estimate of drug-likeness (QED) is 0.932. The van der Waals surface area contributed by atoms with Crippen molar-refractivity contribution in [1.82, 2.24) is 14.9 Å². The van der Waals surface area contributed by atoms with E-state index in [0.29, 0.717) is 11.6 Å². The van der Waals surface area contributed by atoms with Gasteiger partial charge in [-0.2, -0.15) is 0 Å². The van der Waals surface area contributed by atoms with Crippen molar-refractivity contribution in [2.45, 2.75) is 6.92 Å². The first kappa shape index (κ1) is 13.8. The molecule has 110 valence electrons. The van der Waals surface area contributed by atoms with Crippen LogP contribution in [0.3, 0.4) is 0 Å². The molecule has 0 spiro atoms. The average Bonchev–Trinajstić information content (AvgIpc) is 2.55. The Morgan fingerprint density at radius 3 is 2.43 bits per heavy atom. The minimum Gasteiger partial charge on any atom is -0.384 e. The van der Waals surface area contributed by atoms with Gasteiger partial charge in [-0.15, -0.1) is 0 Å². The molecule has 1 aliphatic heterocycles. The van der Waals surface area contributed by atoms with Crippen LogP contribution in [0.1, 0.15) is 6.92 Å². The van der Waals surface area contributed by atoms with Gasteiger partial charge in [0, 0.05) is 37.8 Å². The van der Waals surface area contributed by atoms with E-state index in [1.165, 1.54) is 0 Å². The van der Waals surface area contributed by atoms with Crippen LogP contribution in [0.5, 0.6) is 0 Å². The van der Waals surface area contributed by atoms with Gasteiger partial charge in [0.2, 0.25) is 0 Å². The molecule has 0 radical (unpaired) electrons. The molecule has 0 unspecified atom stereocenters.